The monoisotopic (exact) mass is 313 g/mol. The van der Waals surface area contributed by atoms with Crippen LogP contribution in [-0.4, -0.2) is 15.0 Å². The molecule has 0 fully saturated rings. The zero-order valence-electron chi connectivity index (χ0n) is 10.8. The zero-order chi connectivity index (χ0) is 14.4. The fourth-order valence-corrected chi connectivity index (χ4v) is 2.67. The summed E-state index contributed by atoms with van der Waals surface area (Å²) in [6.07, 6.45) is 1.78. The first-order chi connectivity index (χ1) is 10.2. The van der Waals surface area contributed by atoms with Gasteiger partial charge < -0.3 is 4.98 Å². The maximum absolute atomic E-state index is 6.07. The topological polar surface area (TPSA) is 41.6 Å². The van der Waals surface area contributed by atoms with E-state index in [0.29, 0.717) is 10.0 Å². The number of benzene rings is 2. The fourth-order valence-electron chi connectivity index (χ4n) is 2.34. The van der Waals surface area contributed by atoms with Crippen LogP contribution in [0.3, 0.4) is 0 Å². The first-order valence-corrected chi connectivity index (χ1v) is 7.16. The van der Waals surface area contributed by atoms with Gasteiger partial charge in [-0.25, -0.2) is 4.98 Å². The number of H-pyrrole nitrogens is 1. The van der Waals surface area contributed by atoms with Crippen LogP contribution in [0.1, 0.15) is 0 Å². The SMILES string of the molecule is Clc1cc2cc(-c3nc4ccccc4[nH]3)cnc2cc1Cl. The standard InChI is InChI=1S/C16H9Cl2N3/c17-11-6-9-5-10(8-19-15(9)7-12(11)18)16-20-13-3-1-2-4-14(13)21-16/h1-8H,(H,20,21). The largest absolute Gasteiger partial charge is 0.338 e. The second-order valence-corrected chi connectivity index (χ2v) is 5.60. The summed E-state index contributed by atoms with van der Waals surface area (Å²) < 4.78 is 0. The van der Waals surface area contributed by atoms with Crippen LogP contribution in [0.4, 0.5) is 0 Å². The van der Waals surface area contributed by atoms with E-state index in [1.807, 2.05) is 36.4 Å². The summed E-state index contributed by atoms with van der Waals surface area (Å²) >= 11 is 12.1. The highest BCUT2D eigenvalue weighted by atomic mass is 35.5. The van der Waals surface area contributed by atoms with Gasteiger partial charge in [-0.3, -0.25) is 4.98 Å². The van der Waals surface area contributed by atoms with Crippen LogP contribution in [-0.2, 0) is 0 Å². The van der Waals surface area contributed by atoms with E-state index in [0.717, 1.165) is 33.3 Å². The summed E-state index contributed by atoms with van der Waals surface area (Å²) in [6, 6.07) is 13.5. The van der Waals surface area contributed by atoms with Gasteiger partial charge in [0.15, 0.2) is 0 Å². The lowest BCUT2D eigenvalue weighted by Gasteiger charge is -2.02. The molecule has 0 amide bonds. The Morgan fingerprint density at radius 1 is 0.905 bits per heavy atom. The highest BCUT2D eigenvalue weighted by Crippen LogP contribution is 2.29. The average Bonchev–Trinajstić information content (AvgIpc) is 2.92. The van der Waals surface area contributed by atoms with E-state index in [2.05, 4.69) is 15.0 Å². The van der Waals surface area contributed by atoms with Crippen LogP contribution < -0.4 is 0 Å². The molecular formula is C16H9Cl2N3. The van der Waals surface area contributed by atoms with E-state index in [-0.39, 0.29) is 0 Å². The Morgan fingerprint density at radius 2 is 1.71 bits per heavy atom. The fraction of sp³-hybridized carbons (Fsp3) is 0. The van der Waals surface area contributed by atoms with Crippen molar-refractivity contribution in [3.05, 3.63) is 58.7 Å². The second-order valence-electron chi connectivity index (χ2n) is 4.79. The normalized spacial score (nSPS) is 11.3. The predicted octanol–water partition coefficient (Wildman–Crippen LogP) is 5.08. The van der Waals surface area contributed by atoms with Gasteiger partial charge in [-0.05, 0) is 30.3 Å². The first kappa shape index (κ1) is 12.6. The van der Waals surface area contributed by atoms with E-state index in [4.69, 9.17) is 23.2 Å². The van der Waals surface area contributed by atoms with Crippen molar-refractivity contribution in [3.63, 3.8) is 0 Å². The minimum absolute atomic E-state index is 0.508. The van der Waals surface area contributed by atoms with Gasteiger partial charge in [0.25, 0.3) is 0 Å². The van der Waals surface area contributed by atoms with E-state index in [9.17, 15) is 0 Å². The number of nitrogens with one attached hydrogen (secondary N) is 1. The Bertz CT molecular complexity index is 943. The van der Waals surface area contributed by atoms with Crippen molar-refractivity contribution in [1.29, 1.82) is 0 Å². The summed E-state index contributed by atoms with van der Waals surface area (Å²) in [5.74, 6) is 0.789. The molecule has 0 unspecified atom stereocenters. The van der Waals surface area contributed by atoms with E-state index >= 15 is 0 Å². The summed E-state index contributed by atoms with van der Waals surface area (Å²) in [6.45, 7) is 0. The lowest BCUT2D eigenvalue weighted by Crippen LogP contribution is -1.85. The van der Waals surface area contributed by atoms with Crippen LogP contribution in [0.25, 0.3) is 33.3 Å². The number of hydrogen-bond acceptors (Lipinski definition) is 2. The molecule has 4 rings (SSSR count). The second kappa shape index (κ2) is 4.72. The van der Waals surface area contributed by atoms with E-state index < -0.39 is 0 Å². The number of rotatable bonds is 1. The van der Waals surface area contributed by atoms with Gasteiger partial charge in [-0.2, -0.15) is 0 Å². The molecule has 0 aliphatic heterocycles. The third-order valence-electron chi connectivity index (χ3n) is 3.39. The van der Waals surface area contributed by atoms with Crippen LogP contribution in [0.2, 0.25) is 10.0 Å². The molecule has 2 heterocycles. The van der Waals surface area contributed by atoms with Crippen molar-refractivity contribution in [2.75, 3.05) is 0 Å². The van der Waals surface area contributed by atoms with E-state index in [1.54, 1.807) is 12.3 Å². The van der Waals surface area contributed by atoms with Crippen LogP contribution in [0.5, 0.6) is 0 Å². The number of para-hydroxylation sites is 2. The highest BCUT2D eigenvalue weighted by Gasteiger charge is 2.08. The number of imidazole rings is 1. The number of pyridine rings is 1. The summed E-state index contributed by atoms with van der Waals surface area (Å²) in [7, 11) is 0. The van der Waals surface area contributed by atoms with Gasteiger partial charge in [0.2, 0.25) is 0 Å². The van der Waals surface area contributed by atoms with Crippen molar-refractivity contribution in [2.24, 2.45) is 0 Å². The average molecular weight is 314 g/mol. The van der Waals surface area contributed by atoms with Crippen LogP contribution in [0, 0.1) is 0 Å². The zero-order valence-corrected chi connectivity index (χ0v) is 12.3. The Morgan fingerprint density at radius 3 is 2.57 bits per heavy atom. The molecule has 0 aliphatic carbocycles. The molecular weight excluding hydrogens is 305 g/mol. The molecule has 0 spiro atoms. The number of hydrogen-bond donors (Lipinski definition) is 1. The van der Waals surface area contributed by atoms with Crippen molar-refractivity contribution in [3.8, 4) is 11.4 Å². The van der Waals surface area contributed by atoms with Crippen molar-refractivity contribution < 1.29 is 0 Å². The van der Waals surface area contributed by atoms with Crippen molar-refractivity contribution in [2.45, 2.75) is 0 Å². The number of nitrogens with zero attached hydrogens (tertiary/aromatic N) is 2. The number of fused-ring (bicyclic) bond motifs is 2. The molecule has 0 atom stereocenters. The Hall–Kier alpha value is -2.10. The molecule has 0 saturated heterocycles. The lowest BCUT2D eigenvalue weighted by molar-refractivity contribution is 1.31. The molecule has 4 aromatic rings. The number of halogens is 2. The minimum atomic E-state index is 0.508. The number of aromatic nitrogens is 3. The first-order valence-electron chi connectivity index (χ1n) is 6.41. The third kappa shape index (κ3) is 2.15. The third-order valence-corrected chi connectivity index (χ3v) is 4.11. The van der Waals surface area contributed by atoms with Gasteiger partial charge in [-0.1, -0.05) is 35.3 Å². The molecule has 1 N–H and O–H groups in total. The van der Waals surface area contributed by atoms with Crippen molar-refractivity contribution in [1.82, 2.24) is 15.0 Å². The van der Waals surface area contributed by atoms with E-state index in [1.165, 1.54) is 0 Å². The van der Waals surface area contributed by atoms with Crippen LogP contribution >= 0.6 is 23.2 Å². The molecule has 0 radical (unpaired) electrons. The molecule has 0 bridgehead atoms. The molecule has 2 aromatic carbocycles. The molecule has 2 aromatic heterocycles. The van der Waals surface area contributed by atoms with Gasteiger partial charge in [0, 0.05) is 17.1 Å². The molecule has 102 valence electrons. The summed E-state index contributed by atoms with van der Waals surface area (Å²) in [4.78, 5) is 12.3. The molecule has 21 heavy (non-hydrogen) atoms. The molecule has 0 aliphatic rings. The molecule has 0 saturated carbocycles. The Kier molecular flexibility index (Phi) is 2.84. The quantitative estimate of drug-likeness (QED) is 0.532. The predicted molar refractivity (Wildman–Crippen MR) is 86.9 cm³/mol. The van der Waals surface area contributed by atoms with Gasteiger partial charge in [0.05, 0.1) is 26.6 Å². The summed E-state index contributed by atoms with van der Waals surface area (Å²) in [5.41, 5.74) is 3.66. The molecule has 3 nitrogen and oxygen atoms in total. The van der Waals surface area contributed by atoms with Gasteiger partial charge >= 0.3 is 0 Å². The van der Waals surface area contributed by atoms with Crippen molar-refractivity contribution >= 4 is 45.1 Å². The minimum Gasteiger partial charge on any atom is -0.338 e. The lowest BCUT2D eigenvalue weighted by atomic mass is 10.1. The van der Waals surface area contributed by atoms with Gasteiger partial charge in [-0.15, -0.1) is 0 Å². The smallest absolute Gasteiger partial charge is 0.140 e. The van der Waals surface area contributed by atoms with Gasteiger partial charge in [0.1, 0.15) is 5.82 Å². The maximum Gasteiger partial charge on any atom is 0.140 e. The number of aromatic amines is 1. The summed E-state index contributed by atoms with van der Waals surface area (Å²) in [5, 5.41) is 1.96. The van der Waals surface area contributed by atoms with Crippen LogP contribution in [0.15, 0.2) is 48.7 Å². The Labute approximate surface area is 130 Å². The molecule has 5 heteroatoms. The maximum atomic E-state index is 6.07. The highest BCUT2D eigenvalue weighted by molar-refractivity contribution is 6.42. The Balaban J connectivity index is 1.91.